The van der Waals surface area contributed by atoms with Gasteiger partial charge in [0.1, 0.15) is 5.76 Å². The Morgan fingerprint density at radius 1 is 1.03 bits per heavy atom. The molecule has 7 heteroatoms. The molecule has 0 fully saturated rings. The van der Waals surface area contributed by atoms with E-state index < -0.39 is 0 Å². The zero-order valence-electron chi connectivity index (χ0n) is 16.7. The maximum Gasteiger partial charge on any atom is 0.271 e. The number of nitrogens with zero attached hydrogens (tertiary/aromatic N) is 2. The third-order valence-corrected chi connectivity index (χ3v) is 7.86. The highest BCUT2D eigenvalue weighted by molar-refractivity contribution is 9.10. The lowest BCUT2D eigenvalue weighted by Crippen LogP contribution is -2.38. The fourth-order valence-electron chi connectivity index (χ4n) is 4.50. The van der Waals surface area contributed by atoms with Crippen LogP contribution in [0, 0.1) is 0 Å². The molecule has 0 saturated heterocycles. The largest absolute Gasteiger partial charge is 0.450 e. The van der Waals surface area contributed by atoms with Gasteiger partial charge >= 0.3 is 0 Å². The van der Waals surface area contributed by atoms with E-state index in [1.165, 1.54) is 28.0 Å². The maximum absolute atomic E-state index is 13.6. The van der Waals surface area contributed by atoms with E-state index in [1.54, 1.807) is 6.08 Å². The molecule has 4 nitrogen and oxygen atoms in total. The highest BCUT2D eigenvalue weighted by atomic mass is 79.9. The van der Waals surface area contributed by atoms with E-state index in [2.05, 4.69) is 68.3 Å². The topological polar surface area (TPSA) is 47.5 Å². The van der Waals surface area contributed by atoms with Crippen LogP contribution in [0.2, 0.25) is 0 Å². The van der Waals surface area contributed by atoms with Crippen LogP contribution in [-0.2, 0) is 6.42 Å². The number of allylic oxidation sites excluding steroid dienone is 1. The van der Waals surface area contributed by atoms with E-state index in [-0.39, 0.29) is 11.6 Å². The van der Waals surface area contributed by atoms with Crippen LogP contribution in [0.3, 0.4) is 0 Å². The lowest BCUT2D eigenvalue weighted by atomic mass is 9.83. The summed E-state index contributed by atoms with van der Waals surface area (Å²) in [7, 11) is 0. The van der Waals surface area contributed by atoms with Crippen LogP contribution in [0.1, 0.15) is 34.9 Å². The number of furan rings is 1. The zero-order valence-corrected chi connectivity index (χ0v) is 20.7. The van der Waals surface area contributed by atoms with Crippen LogP contribution in [0.4, 0.5) is 0 Å². The molecule has 2 aromatic heterocycles. The molecule has 0 saturated carbocycles. The predicted octanol–water partition coefficient (Wildman–Crippen LogP) is 5.44. The second-order valence-corrected chi connectivity index (χ2v) is 10.5. The van der Waals surface area contributed by atoms with Gasteiger partial charge in [0.15, 0.2) is 9.47 Å². The first-order valence-corrected chi connectivity index (χ1v) is 12.6. The van der Waals surface area contributed by atoms with Gasteiger partial charge in [-0.2, -0.15) is 0 Å². The van der Waals surface area contributed by atoms with Gasteiger partial charge in [-0.3, -0.25) is 9.36 Å². The Hall–Kier alpha value is -2.48. The Bertz CT molecular complexity index is 1580. The third-order valence-electron chi connectivity index (χ3n) is 5.93. The van der Waals surface area contributed by atoms with Gasteiger partial charge < -0.3 is 4.42 Å². The molecule has 0 amide bonds. The van der Waals surface area contributed by atoms with Crippen molar-refractivity contribution in [1.29, 1.82) is 0 Å². The Balaban J connectivity index is 1.64. The van der Waals surface area contributed by atoms with Gasteiger partial charge in [0.25, 0.3) is 5.56 Å². The molecule has 0 N–H and O–H groups in total. The highest BCUT2D eigenvalue weighted by Gasteiger charge is 2.32. The average molecular weight is 568 g/mol. The summed E-state index contributed by atoms with van der Waals surface area (Å²) in [5.74, 6) is 0.636. The number of aryl methyl sites for hydroxylation is 1. The molecule has 2 aromatic carbocycles. The summed E-state index contributed by atoms with van der Waals surface area (Å²) in [5, 5.41) is 0. The van der Waals surface area contributed by atoms with Crippen molar-refractivity contribution in [2.24, 2.45) is 4.99 Å². The minimum Gasteiger partial charge on any atom is -0.450 e. The molecular weight excluding hydrogens is 552 g/mol. The van der Waals surface area contributed by atoms with Crippen LogP contribution >= 0.6 is 43.2 Å². The van der Waals surface area contributed by atoms with E-state index in [4.69, 9.17) is 9.41 Å². The lowest BCUT2D eigenvalue weighted by Gasteiger charge is -2.30. The molecule has 1 aliphatic heterocycles. The van der Waals surface area contributed by atoms with Crippen molar-refractivity contribution in [3.63, 3.8) is 0 Å². The van der Waals surface area contributed by atoms with Crippen molar-refractivity contribution >= 4 is 55.0 Å². The summed E-state index contributed by atoms with van der Waals surface area (Å²) in [6.07, 6.45) is 3.62. The summed E-state index contributed by atoms with van der Waals surface area (Å²) in [5.41, 5.74) is 5.73. The van der Waals surface area contributed by atoms with Crippen molar-refractivity contribution in [1.82, 2.24) is 4.57 Å². The molecule has 158 valence electrons. The number of halogens is 2. The minimum atomic E-state index is -0.173. The molecule has 4 aromatic rings. The second-order valence-electron chi connectivity index (χ2n) is 7.81. The predicted molar refractivity (Wildman–Crippen MR) is 133 cm³/mol. The third kappa shape index (κ3) is 3.31. The van der Waals surface area contributed by atoms with Crippen molar-refractivity contribution in [2.45, 2.75) is 18.9 Å². The van der Waals surface area contributed by atoms with Crippen molar-refractivity contribution in [2.75, 3.05) is 0 Å². The minimum absolute atomic E-state index is 0.0420. The van der Waals surface area contributed by atoms with Gasteiger partial charge in [-0.25, -0.2) is 4.99 Å². The molecule has 0 radical (unpaired) electrons. The smallest absolute Gasteiger partial charge is 0.271 e. The summed E-state index contributed by atoms with van der Waals surface area (Å²) < 4.78 is 9.73. The number of benzene rings is 2. The van der Waals surface area contributed by atoms with E-state index in [0.717, 1.165) is 33.4 Å². The first kappa shape index (κ1) is 20.1. The van der Waals surface area contributed by atoms with E-state index in [9.17, 15) is 4.79 Å². The van der Waals surface area contributed by atoms with Crippen LogP contribution in [-0.4, -0.2) is 4.57 Å². The summed E-state index contributed by atoms with van der Waals surface area (Å²) >= 11 is 8.27. The monoisotopic (exact) mass is 566 g/mol. The molecule has 0 bridgehead atoms. The standard InChI is InChI=1S/C25H16Br2N2O2S/c26-16-8-5-15(6-9-16)23-19-11-7-14-3-1-2-4-18(14)22(19)28-25-29(23)24(30)20(32-25)13-17-10-12-21(27)31-17/h1-6,8-10,12-13,23H,7,11H2/b20-13-/t23-/m1/s1. The Labute approximate surface area is 204 Å². The molecule has 0 spiro atoms. The molecule has 2 aliphatic rings. The highest BCUT2D eigenvalue weighted by Crippen LogP contribution is 2.41. The van der Waals surface area contributed by atoms with Crippen LogP contribution < -0.4 is 14.9 Å². The number of fused-ring (bicyclic) bond motifs is 3. The summed E-state index contributed by atoms with van der Waals surface area (Å²) in [6, 6.07) is 20.2. The quantitative estimate of drug-likeness (QED) is 0.324. The van der Waals surface area contributed by atoms with Gasteiger partial charge in [0.2, 0.25) is 0 Å². The Kier molecular flexibility index (Phi) is 4.93. The SMILES string of the molecule is O=c1/c(=C/c2ccc(Br)o2)sc2n1[C@H](c1ccc(Br)cc1)C1=C(N=2)c2ccccc2CC1. The van der Waals surface area contributed by atoms with Gasteiger partial charge in [-0.1, -0.05) is 63.7 Å². The van der Waals surface area contributed by atoms with Crippen molar-refractivity contribution < 1.29 is 4.42 Å². The first-order valence-electron chi connectivity index (χ1n) is 10.2. The summed E-state index contributed by atoms with van der Waals surface area (Å²) in [6.45, 7) is 0. The number of thiazole rings is 1. The van der Waals surface area contributed by atoms with E-state index >= 15 is 0 Å². The molecule has 1 atom stereocenters. The molecule has 6 rings (SSSR count). The molecular formula is C25H16Br2N2O2S. The number of aromatic nitrogens is 1. The Morgan fingerprint density at radius 2 is 1.84 bits per heavy atom. The molecule has 1 aliphatic carbocycles. The fraction of sp³-hybridized carbons (Fsp3) is 0.120. The summed E-state index contributed by atoms with van der Waals surface area (Å²) in [4.78, 5) is 19.3. The van der Waals surface area contributed by atoms with Gasteiger partial charge in [-0.05, 0) is 69.7 Å². The van der Waals surface area contributed by atoms with Crippen LogP contribution in [0.5, 0.6) is 0 Å². The Morgan fingerprint density at radius 3 is 2.62 bits per heavy atom. The van der Waals surface area contributed by atoms with E-state index in [1.807, 2.05) is 28.8 Å². The van der Waals surface area contributed by atoms with Gasteiger partial charge in [0, 0.05) is 16.1 Å². The van der Waals surface area contributed by atoms with Crippen LogP contribution in [0.15, 0.2) is 89.6 Å². The molecule has 32 heavy (non-hydrogen) atoms. The first-order chi connectivity index (χ1) is 15.6. The average Bonchev–Trinajstić information content (AvgIpc) is 3.35. The number of hydrogen-bond acceptors (Lipinski definition) is 4. The van der Waals surface area contributed by atoms with Gasteiger partial charge in [-0.15, -0.1) is 0 Å². The molecule has 3 heterocycles. The zero-order chi connectivity index (χ0) is 21.8. The van der Waals surface area contributed by atoms with Crippen molar-refractivity contribution in [3.8, 4) is 0 Å². The fourth-order valence-corrected chi connectivity index (χ4v) is 6.07. The second kappa shape index (κ2) is 7.83. The normalized spacial score (nSPS) is 17.6. The lowest BCUT2D eigenvalue weighted by molar-refractivity contribution is 0.531. The van der Waals surface area contributed by atoms with Gasteiger partial charge in [0.05, 0.1) is 16.3 Å². The van der Waals surface area contributed by atoms with Crippen molar-refractivity contribution in [3.05, 3.63) is 118 Å². The maximum atomic E-state index is 13.6. The number of rotatable bonds is 2. The number of hydrogen-bond donors (Lipinski definition) is 0. The molecule has 0 unspecified atom stereocenters. The van der Waals surface area contributed by atoms with Crippen LogP contribution in [0.25, 0.3) is 11.8 Å². The van der Waals surface area contributed by atoms with E-state index in [0.29, 0.717) is 15.0 Å².